The molecule has 3 heteroatoms. The van der Waals surface area contributed by atoms with Gasteiger partial charge in [0.1, 0.15) is 0 Å². The number of benzene rings is 1. The molecule has 0 unspecified atom stereocenters. The van der Waals surface area contributed by atoms with Crippen LogP contribution in [0.4, 0.5) is 10.5 Å². The summed E-state index contributed by atoms with van der Waals surface area (Å²) < 4.78 is 4.75. The minimum Gasteiger partial charge on any atom is -0.450 e. The lowest BCUT2D eigenvalue weighted by atomic mass is 10.1. The molecule has 1 radical (unpaired) electrons. The quantitative estimate of drug-likeness (QED) is 0.799. The van der Waals surface area contributed by atoms with Crippen molar-refractivity contribution in [2.24, 2.45) is 0 Å². The predicted molar refractivity (Wildman–Crippen MR) is 56.1 cm³/mol. The summed E-state index contributed by atoms with van der Waals surface area (Å²) in [7, 11) is 0. The number of anilines is 1. The van der Waals surface area contributed by atoms with E-state index in [4.69, 9.17) is 4.74 Å². The topological polar surface area (TPSA) is 38.3 Å². The Morgan fingerprint density at radius 2 is 2.36 bits per heavy atom. The molecule has 1 rings (SSSR count). The minimum absolute atomic E-state index is 0.376. The van der Waals surface area contributed by atoms with Crippen LogP contribution in [0.25, 0.3) is 0 Å². The van der Waals surface area contributed by atoms with Crippen molar-refractivity contribution < 1.29 is 9.53 Å². The Kier molecular flexibility index (Phi) is 3.98. The van der Waals surface area contributed by atoms with Crippen LogP contribution in [-0.4, -0.2) is 12.7 Å². The number of carbonyl (C=O) groups excluding carboxylic acids is 1. The van der Waals surface area contributed by atoms with E-state index in [1.54, 1.807) is 6.92 Å². The van der Waals surface area contributed by atoms with Gasteiger partial charge in [-0.15, -0.1) is 0 Å². The van der Waals surface area contributed by atoms with Gasteiger partial charge in [-0.2, -0.15) is 0 Å². The Labute approximate surface area is 84.1 Å². The van der Waals surface area contributed by atoms with Crippen molar-refractivity contribution in [3.63, 3.8) is 0 Å². The van der Waals surface area contributed by atoms with Crippen LogP contribution in [-0.2, 0) is 11.2 Å². The Morgan fingerprint density at radius 3 is 3.00 bits per heavy atom. The number of ether oxygens (including phenoxy) is 1. The molecule has 0 atom stereocenters. The number of carbonyl (C=O) groups is 1. The Morgan fingerprint density at radius 1 is 1.57 bits per heavy atom. The standard InChI is InChI=1S/C11H14NO2/c1-3-9-6-5-7-10(8-9)12-11(13)14-4-2/h5-8H,1,3-4H2,2H3,(H,12,13). The van der Waals surface area contributed by atoms with E-state index in [2.05, 4.69) is 12.2 Å². The number of amides is 1. The average molecular weight is 192 g/mol. The Bertz CT molecular complexity index is 310. The number of hydrogen-bond acceptors (Lipinski definition) is 2. The van der Waals surface area contributed by atoms with Gasteiger partial charge in [-0.25, -0.2) is 4.79 Å². The molecule has 0 aliphatic heterocycles. The van der Waals surface area contributed by atoms with E-state index in [1.807, 2.05) is 24.3 Å². The molecule has 1 N–H and O–H groups in total. The minimum atomic E-state index is -0.422. The predicted octanol–water partition coefficient (Wildman–Crippen LogP) is 2.63. The van der Waals surface area contributed by atoms with Gasteiger partial charge in [0.25, 0.3) is 0 Å². The van der Waals surface area contributed by atoms with E-state index >= 15 is 0 Å². The normalized spacial score (nSPS) is 9.57. The smallest absolute Gasteiger partial charge is 0.411 e. The van der Waals surface area contributed by atoms with Crippen LogP contribution in [0.5, 0.6) is 0 Å². The maximum absolute atomic E-state index is 11.1. The number of nitrogens with one attached hydrogen (secondary N) is 1. The fourth-order valence-corrected chi connectivity index (χ4v) is 1.09. The third-order valence-electron chi connectivity index (χ3n) is 1.74. The lowest BCUT2D eigenvalue weighted by Gasteiger charge is -2.05. The molecule has 0 aromatic heterocycles. The first-order chi connectivity index (χ1) is 6.76. The molecule has 1 aromatic carbocycles. The van der Waals surface area contributed by atoms with Crippen molar-refractivity contribution >= 4 is 11.8 Å². The summed E-state index contributed by atoms with van der Waals surface area (Å²) in [4.78, 5) is 11.1. The summed E-state index contributed by atoms with van der Waals surface area (Å²) in [5.41, 5.74) is 1.82. The zero-order chi connectivity index (χ0) is 10.4. The molecule has 0 aliphatic rings. The van der Waals surface area contributed by atoms with Gasteiger partial charge < -0.3 is 4.74 Å². The van der Waals surface area contributed by atoms with Gasteiger partial charge in [0, 0.05) is 5.69 Å². The van der Waals surface area contributed by atoms with E-state index in [-0.39, 0.29) is 0 Å². The van der Waals surface area contributed by atoms with Crippen LogP contribution in [0.2, 0.25) is 0 Å². The van der Waals surface area contributed by atoms with Crippen molar-refractivity contribution in [2.45, 2.75) is 13.3 Å². The molecule has 75 valence electrons. The molecular weight excluding hydrogens is 178 g/mol. The molecule has 0 heterocycles. The van der Waals surface area contributed by atoms with Crippen LogP contribution < -0.4 is 5.32 Å². The summed E-state index contributed by atoms with van der Waals surface area (Å²) in [5.74, 6) is 0. The molecule has 1 aromatic rings. The summed E-state index contributed by atoms with van der Waals surface area (Å²) in [5, 5.41) is 2.63. The van der Waals surface area contributed by atoms with Crippen LogP contribution in [0.15, 0.2) is 24.3 Å². The second-order valence-electron chi connectivity index (χ2n) is 2.80. The monoisotopic (exact) mass is 192 g/mol. The maximum Gasteiger partial charge on any atom is 0.411 e. The fraction of sp³-hybridized carbons (Fsp3) is 0.273. The lowest BCUT2D eigenvalue weighted by molar-refractivity contribution is 0.168. The number of rotatable bonds is 3. The van der Waals surface area contributed by atoms with Gasteiger partial charge in [0.15, 0.2) is 0 Å². The molecular formula is C11H14NO2. The molecule has 3 nitrogen and oxygen atoms in total. The summed E-state index contributed by atoms with van der Waals surface area (Å²) in [6, 6.07) is 7.53. The van der Waals surface area contributed by atoms with E-state index in [0.717, 1.165) is 11.3 Å². The molecule has 14 heavy (non-hydrogen) atoms. The second-order valence-corrected chi connectivity index (χ2v) is 2.80. The van der Waals surface area contributed by atoms with Crippen molar-refractivity contribution in [3.8, 4) is 0 Å². The van der Waals surface area contributed by atoms with Crippen molar-refractivity contribution in [2.75, 3.05) is 11.9 Å². The van der Waals surface area contributed by atoms with Crippen LogP contribution >= 0.6 is 0 Å². The SMILES string of the molecule is [CH2]Cc1cccc(NC(=O)OCC)c1. The lowest BCUT2D eigenvalue weighted by Crippen LogP contribution is -2.13. The zero-order valence-electron chi connectivity index (χ0n) is 8.25. The molecule has 0 saturated heterocycles. The van der Waals surface area contributed by atoms with E-state index in [0.29, 0.717) is 13.0 Å². The molecule has 0 spiro atoms. The third kappa shape index (κ3) is 3.09. The van der Waals surface area contributed by atoms with Crippen LogP contribution in [0, 0.1) is 6.92 Å². The summed E-state index contributed by atoms with van der Waals surface area (Å²) in [6.07, 6.45) is 0.284. The highest BCUT2D eigenvalue weighted by atomic mass is 16.5. The van der Waals surface area contributed by atoms with Gasteiger partial charge >= 0.3 is 6.09 Å². The first-order valence-electron chi connectivity index (χ1n) is 4.58. The van der Waals surface area contributed by atoms with Crippen molar-refractivity contribution in [3.05, 3.63) is 36.8 Å². The van der Waals surface area contributed by atoms with Gasteiger partial charge in [0.05, 0.1) is 6.61 Å². The fourth-order valence-electron chi connectivity index (χ4n) is 1.09. The summed E-state index contributed by atoms with van der Waals surface area (Å²) >= 11 is 0. The van der Waals surface area contributed by atoms with Gasteiger partial charge in [-0.3, -0.25) is 5.32 Å². The van der Waals surface area contributed by atoms with Crippen molar-refractivity contribution in [1.82, 2.24) is 0 Å². The van der Waals surface area contributed by atoms with E-state index in [9.17, 15) is 4.79 Å². The number of hydrogen-bond donors (Lipinski definition) is 1. The molecule has 0 saturated carbocycles. The Balaban J connectivity index is 2.62. The van der Waals surface area contributed by atoms with Crippen LogP contribution in [0.1, 0.15) is 12.5 Å². The second kappa shape index (κ2) is 5.27. The first-order valence-corrected chi connectivity index (χ1v) is 4.58. The van der Waals surface area contributed by atoms with Gasteiger partial charge in [0.2, 0.25) is 0 Å². The zero-order valence-corrected chi connectivity index (χ0v) is 8.25. The highest BCUT2D eigenvalue weighted by Crippen LogP contribution is 2.10. The highest BCUT2D eigenvalue weighted by molar-refractivity contribution is 5.84. The molecule has 0 bridgehead atoms. The first kappa shape index (κ1) is 10.6. The third-order valence-corrected chi connectivity index (χ3v) is 1.74. The maximum atomic E-state index is 11.1. The van der Waals surface area contributed by atoms with E-state index < -0.39 is 6.09 Å². The van der Waals surface area contributed by atoms with E-state index in [1.165, 1.54) is 0 Å². The van der Waals surface area contributed by atoms with Gasteiger partial charge in [-0.1, -0.05) is 12.1 Å². The molecule has 0 aliphatic carbocycles. The van der Waals surface area contributed by atoms with Crippen molar-refractivity contribution in [1.29, 1.82) is 0 Å². The largest absolute Gasteiger partial charge is 0.450 e. The van der Waals surface area contributed by atoms with Crippen LogP contribution in [0.3, 0.4) is 0 Å². The van der Waals surface area contributed by atoms with Gasteiger partial charge in [-0.05, 0) is 38.0 Å². The Hall–Kier alpha value is -1.51. The highest BCUT2D eigenvalue weighted by Gasteiger charge is 2.01. The summed E-state index contributed by atoms with van der Waals surface area (Å²) in [6.45, 7) is 5.91. The average Bonchev–Trinajstić information content (AvgIpc) is 2.18. The molecule has 0 fully saturated rings. The molecule has 1 amide bonds.